The Morgan fingerprint density at radius 1 is 0.889 bits per heavy atom. The molecule has 0 amide bonds. The van der Waals surface area contributed by atoms with Gasteiger partial charge >= 0.3 is 0 Å². The number of benzene rings is 3. The number of halogens is 2. The van der Waals surface area contributed by atoms with Crippen LogP contribution in [0.5, 0.6) is 0 Å². The third-order valence-corrected chi connectivity index (χ3v) is 6.75. The summed E-state index contributed by atoms with van der Waals surface area (Å²) in [7, 11) is 0. The van der Waals surface area contributed by atoms with Crippen molar-refractivity contribution in [3.8, 4) is 0 Å². The molecule has 3 aromatic carbocycles. The maximum atomic E-state index is 13.3. The van der Waals surface area contributed by atoms with Gasteiger partial charge in [-0.2, -0.15) is 0 Å². The summed E-state index contributed by atoms with van der Waals surface area (Å²) >= 11 is 14.3. The van der Waals surface area contributed by atoms with Crippen molar-refractivity contribution in [1.29, 1.82) is 0 Å². The Hall–Kier alpha value is -2.20. The molecule has 3 aromatic rings. The third-order valence-electron chi connectivity index (χ3n) is 4.85. The average Bonchev–Trinajstić information content (AvgIpc) is 2.84. The Bertz CT molecular complexity index is 1140. The van der Waals surface area contributed by atoms with Crippen LogP contribution in [-0.4, -0.2) is 5.78 Å². The van der Waals surface area contributed by atoms with Crippen LogP contribution in [0.4, 0.5) is 5.69 Å². The molecule has 27 heavy (non-hydrogen) atoms. The third kappa shape index (κ3) is 2.69. The quantitative estimate of drug-likeness (QED) is 0.475. The number of nitrogens with one attached hydrogen (secondary N) is 1. The van der Waals surface area contributed by atoms with Crippen LogP contribution in [0.1, 0.15) is 26.7 Å². The second kappa shape index (κ2) is 6.45. The number of fused-ring (bicyclic) bond motifs is 3. The van der Waals surface area contributed by atoms with Crippen molar-refractivity contribution in [3.05, 3.63) is 99.0 Å². The molecular weight excluding hydrogens is 397 g/mol. The minimum absolute atomic E-state index is 0.0458. The molecular formula is C22H13Cl2NOS. The first-order valence-electron chi connectivity index (χ1n) is 8.49. The van der Waals surface area contributed by atoms with E-state index in [2.05, 4.69) is 11.4 Å². The van der Waals surface area contributed by atoms with Gasteiger partial charge in [0.05, 0.1) is 16.6 Å². The fraction of sp³-hybridized carbons (Fsp3) is 0.0455. The molecule has 2 nitrogen and oxygen atoms in total. The van der Waals surface area contributed by atoms with E-state index >= 15 is 0 Å². The summed E-state index contributed by atoms with van der Waals surface area (Å²) in [6.45, 7) is 0. The number of rotatable bonds is 1. The maximum absolute atomic E-state index is 13.3. The second-order valence-corrected chi connectivity index (χ2v) is 8.44. The summed E-state index contributed by atoms with van der Waals surface area (Å²) in [6, 6.07) is 21.3. The largest absolute Gasteiger partial charge is 0.354 e. The molecule has 0 fully saturated rings. The lowest BCUT2D eigenvalue weighted by molar-refractivity contribution is 0.103. The molecule has 5 rings (SSSR count). The monoisotopic (exact) mass is 409 g/mol. The number of carbonyl (C=O) groups is 1. The molecule has 0 spiro atoms. The lowest BCUT2D eigenvalue weighted by Gasteiger charge is -2.18. The zero-order valence-corrected chi connectivity index (χ0v) is 16.3. The Morgan fingerprint density at radius 3 is 2.44 bits per heavy atom. The molecule has 1 atom stereocenters. The fourth-order valence-corrected chi connectivity index (χ4v) is 5.53. The summed E-state index contributed by atoms with van der Waals surface area (Å²) in [6.07, 6.45) is 0. The van der Waals surface area contributed by atoms with Gasteiger partial charge in [0, 0.05) is 31.6 Å². The molecule has 132 valence electrons. The zero-order chi connectivity index (χ0) is 18.5. The smallest absolute Gasteiger partial charge is 0.193 e. The number of anilines is 1. The van der Waals surface area contributed by atoms with E-state index < -0.39 is 0 Å². The summed E-state index contributed by atoms with van der Waals surface area (Å²) in [4.78, 5) is 14.4. The molecule has 0 radical (unpaired) electrons. The van der Waals surface area contributed by atoms with Crippen LogP contribution in [0.2, 0.25) is 10.0 Å². The predicted molar refractivity (Wildman–Crippen MR) is 113 cm³/mol. The zero-order valence-electron chi connectivity index (χ0n) is 14.0. The standard InChI is InChI=1S/C22H13Cl2NOS/c23-12-9-10-15(16(24)11-12)22-19-20(13-5-1-2-6-14(13)21(19)26)25-17-7-3-4-8-18(17)27-22/h1-11,22,25H/t22-/m0/s1. The Morgan fingerprint density at radius 2 is 1.63 bits per heavy atom. The van der Waals surface area contributed by atoms with Crippen molar-refractivity contribution in [2.75, 3.05) is 5.32 Å². The molecule has 1 N–H and O–H groups in total. The molecule has 5 heteroatoms. The van der Waals surface area contributed by atoms with Crippen molar-refractivity contribution < 1.29 is 4.79 Å². The van der Waals surface area contributed by atoms with Gasteiger partial charge in [0.1, 0.15) is 0 Å². The van der Waals surface area contributed by atoms with Gasteiger partial charge in [0.25, 0.3) is 0 Å². The van der Waals surface area contributed by atoms with Gasteiger partial charge in [-0.1, -0.05) is 65.7 Å². The number of thioether (sulfide) groups is 1. The number of hydrogen-bond donors (Lipinski definition) is 1. The molecule has 1 heterocycles. The van der Waals surface area contributed by atoms with Gasteiger partial charge < -0.3 is 5.32 Å². The summed E-state index contributed by atoms with van der Waals surface area (Å²) < 4.78 is 0. The number of carbonyl (C=O) groups excluding carboxylic acids is 1. The Labute approximate surface area is 171 Å². The lowest BCUT2D eigenvalue weighted by atomic mass is 10.0. The van der Waals surface area contributed by atoms with E-state index in [0.29, 0.717) is 10.0 Å². The number of hydrogen-bond acceptors (Lipinski definition) is 3. The molecule has 1 aliphatic carbocycles. The molecule has 0 bridgehead atoms. The van der Waals surface area contributed by atoms with Crippen LogP contribution in [0, 0.1) is 0 Å². The normalized spacial score (nSPS) is 17.7. The van der Waals surface area contributed by atoms with E-state index in [1.54, 1.807) is 17.8 Å². The molecule has 0 unspecified atom stereocenters. The number of ketones is 1. The average molecular weight is 410 g/mol. The van der Waals surface area contributed by atoms with Crippen molar-refractivity contribution in [2.45, 2.75) is 10.1 Å². The highest BCUT2D eigenvalue weighted by atomic mass is 35.5. The van der Waals surface area contributed by atoms with Gasteiger partial charge in [0.15, 0.2) is 5.78 Å². The van der Waals surface area contributed by atoms with E-state index in [4.69, 9.17) is 23.2 Å². The van der Waals surface area contributed by atoms with E-state index in [-0.39, 0.29) is 11.0 Å². The fourth-order valence-electron chi connectivity index (χ4n) is 3.61. The minimum Gasteiger partial charge on any atom is -0.354 e. The highest BCUT2D eigenvalue weighted by molar-refractivity contribution is 8.00. The first-order valence-corrected chi connectivity index (χ1v) is 10.1. The van der Waals surface area contributed by atoms with Gasteiger partial charge in [-0.15, -0.1) is 11.8 Å². The van der Waals surface area contributed by atoms with E-state index in [1.165, 1.54) is 0 Å². The maximum Gasteiger partial charge on any atom is 0.193 e. The lowest BCUT2D eigenvalue weighted by Crippen LogP contribution is -2.08. The number of Topliss-reactive ketones (excluding diaryl/α,β-unsaturated/α-hetero) is 1. The topological polar surface area (TPSA) is 29.1 Å². The SMILES string of the molecule is O=C1C2=C(Nc3ccccc3S[C@H]2c2ccc(Cl)cc2Cl)c2ccccc21. The van der Waals surface area contributed by atoms with Gasteiger partial charge in [-0.25, -0.2) is 0 Å². The molecule has 0 saturated carbocycles. The van der Waals surface area contributed by atoms with Crippen LogP contribution in [0.25, 0.3) is 5.70 Å². The molecule has 0 saturated heterocycles. The van der Waals surface area contributed by atoms with Gasteiger partial charge in [-0.3, -0.25) is 4.79 Å². The van der Waals surface area contributed by atoms with Crippen LogP contribution >= 0.6 is 35.0 Å². The van der Waals surface area contributed by atoms with Gasteiger partial charge in [-0.05, 0) is 29.8 Å². The van der Waals surface area contributed by atoms with Crippen molar-refractivity contribution in [3.63, 3.8) is 0 Å². The Kier molecular flexibility index (Phi) is 4.05. The summed E-state index contributed by atoms with van der Waals surface area (Å²) in [5, 5.41) is 4.43. The number of para-hydroxylation sites is 1. The van der Waals surface area contributed by atoms with Crippen molar-refractivity contribution in [1.82, 2.24) is 0 Å². The summed E-state index contributed by atoms with van der Waals surface area (Å²) in [5.41, 5.74) is 5.14. The highest BCUT2D eigenvalue weighted by Crippen LogP contribution is 2.53. The van der Waals surface area contributed by atoms with E-state index in [9.17, 15) is 4.79 Å². The second-order valence-electron chi connectivity index (χ2n) is 6.45. The van der Waals surface area contributed by atoms with Crippen LogP contribution in [-0.2, 0) is 0 Å². The Balaban J connectivity index is 1.77. The van der Waals surface area contributed by atoms with Gasteiger partial charge in [0.2, 0.25) is 0 Å². The van der Waals surface area contributed by atoms with Crippen LogP contribution in [0.15, 0.2) is 77.2 Å². The highest BCUT2D eigenvalue weighted by Gasteiger charge is 2.38. The predicted octanol–water partition coefficient (Wildman–Crippen LogP) is 6.86. The first kappa shape index (κ1) is 16.9. The molecule has 1 aliphatic heterocycles. The van der Waals surface area contributed by atoms with Crippen LogP contribution in [0.3, 0.4) is 0 Å². The van der Waals surface area contributed by atoms with E-state index in [0.717, 1.165) is 38.5 Å². The van der Waals surface area contributed by atoms with E-state index in [1.807, 2.05) is 54.6 Å². The van der Waals surface area contributed by atoms with Crippen molar-refractivity contribution >= 4 is 52.1 Å². The minimum atomic E-state index is -0.221. The van der Waals surface area contributed by atoms with Crippen LogP contribution < -0.4 is 5.32 Å². The first-order chi connectivity index (χ1) is 13.1. The van der Waals surface area contributed by atoms with Crippen molar-refractivity contribution in [2.24, 2.45) is 0 Å². The summed E-state index contributed by atoms with van der Waals surface area (Å²) in [5.74, 6) is 0.0458. The molecule has 0 aromatic heterocycles. The molecule has 2 aliphatic rings.